The summed E-state index contributed by atoms with van der Waals surface area (Å²) in [5.41, 5.74) is 9.55. The van der Waals surface area contributed by atoms with Gasteiger partial charge in [0.2, 0.25) is 0 Å². The minimum Gasteiger partial charge on any atom is -0.307 e. The van der Waals surface area contributed by atoms with E-state index in [2.05, 4.69) is 118 Å². The van der Waals surface area contributed by atoms with Gasteiger partial charge in [0.15, 0.2) is 0 Å². The van der Waals surface area contributed by atoms with E-state index < -0.39 is 0 Å². The molecule has 218 valence electrons. The average molecular weight is 617 g/mol. The van der Waals surface area contributed by atoms with E-state index >= 15 is 0 Å². The highest BCUT2D eigenvalue weighted by Gasteiger charge is 2.21. The fourth-order valence-corrected chi connectivity index (χ4v) is 8.15. The highest BCUT2D eigenvalue weighted by atomic mass is 32.1. The van der Waals surface area contributed by atoms with E-state index in [-0.39, 0.29) is 0 Å². The summed E-state index contributed by atoms with van der Waals surface area (Å²) in [7, 11) is 0. The number of benzene rings is 6. The van der Waals surface area contributed by atoms with Gasteiger partial charge in [-0.3, -0.25) is 0 Å². The molecular weight excluding hydrogens is 593 g/mol. The number of thiophene rings is 1. The maximum atomic E-state index is 10.1. The van der Waals surface area contributed by atoms with Crippen LogP contribution in [0.3, 0.4) is 0 Å². The largest absolute Gasteiger partial charge is 0.307 e. The summed E-state index contributed by atoms with van der Waals surface area (Å²) in [6.07, 6.45) is 0. The summed E-state index contributed by atoms with van der Waals surface area (Å²) in [5, 5.41) is 24.7. The molecule has 0 spiro atoms. The molecular formula is C42H24N4S. The lowest BCUT2D eigenvalue weighted by Crippen LogP contribution is -1.98. The third kappa shape index (κ3) is 3.98. The minimum absolute atomic E-state index is 0.633. The van der Waals surface area contributed by atoms with E-state index in [0.717, 1.165) is 75.9 Å². The second kappa shape index (κ2) is 10.6. The molecule has 0 aliphatic heterocycles. The second-order valence-corrected chi connectivity index (χ2v) is 12.6. The van der Waals surface area contributed by atoms with E-state index in [1.807, 2.05) is 48.5 Å². The van der Waals surface area contributed by atoms with Crippen molar-refractivity contribution in [2.45, 2.75) is 0 Å². The Kier molecular flexibility index (Phi) is 6.08. The number of para-hydroxylation sites is 6. The summed E-state index contributed by atoms with van der Waals surface area (Å²) in [4.78, 5) is 2.28. The molecule has 0 radical (unpaired) electrons. The molecule has 4 nitrogen and oxygen atoms in total. The SMILES string of the molecule is N#Cc1ccccc1-n1c2ccccc2c2cccc(-c3ccc(-c4cccc5c6ccccc6n(-c6ccccc6C#N)c45)s3)c21. The van der Waals surface area contributed by atoms with Crippen LogP contribution in [0, 0.1) is 22.7 Å². The summed E-state index contributed by atoms with van der Waals surface area (Å²) in [5.74, 6) is 0. The second-order valence-electron chi connectivity index (χ2n) is 11.5. The van der Waals surface area contributed by atoms with E-state index in [1.54, 1.807) is 11.3 Å². The third-order valence-corrected chi connectivity index (χ3v) is 10.2. The molecule has 3 heterocycles. The van der Waals surface area contributed by atoms with Crippen molar-refractivity contribution in [2.24, 2.45) is 0 Å². The van der Waals surface area contributed by atoms with Crippen LogP contribution >= 0.6 is 11.3 Å². The van der Waals surface area contributed by atoms with Gasteiger partial charge in [0.1, 0.15) is 12.1 Å². The van der Waals surface area contributed by atoms with Crippen LogP contribution in [-0.4, -0.2) is 9.13 Å². The van der Waals surface area contributed by atoms with Gasteiger partial charge < -0.3 is 9.13 Å². The van der Waals surface area contributed by atoms with Gasteiger partial charge in [0.25, 0.3) is 0 Å². The van der Waals surface area contributed by atoms with Gasteiger partial charge in [-0.1, -0.05) is 97.1 Å². The zero-order valence-electron chi connectivity index (χ0n) is 25.1. The van der Waals surface area contributed by atoms with Crippen LogP contribution in [0.1, 0.15) is 11.1 Å². The monoisotopic (exact) mass is 616 g/mol. The van der Waals surface area contributed by atoms with Crippen molar-refractivity contribution in [2.75, 3.05) is 0 Å². The molecule has 0 saturated carbocycles. The fraction of sp³-hybridized carbons (Fsp3) is 0. The Morgan fingerprint density at radius 3 is 1.28 bits per heavy atom. The van der Waals surface area contributed by atoms with Crippen LogP contribution < -0.4 is 0 Å². The molecule has 0 amide bonds. The predicted octanol–water partition coefficient (Wildman–Crippen LogP) is 11.0. The van der Waals surface area contributed by atoms with Crippen LogP contribution in [0.2, 0.25) is 0 Å². The molecule has 0 aliphatic carbocycles. The lowest BCUT2D eigenvalue weighted by Gasteiger charge is -2.12. The Morgan fingerprint density at radius 2 is 0.809 bits per heavy atom. The Labute approximate surface area is 274 Å². The molecule has 6 aromatic carbocycles. The first-order valence-electron chi connectivity index (χ1n) is 15.4. The van der Waals surface area contributed by atoms with Gasteiger partial charge in [0.05, 0.1) is 44.6 Å². The van der Waals surface area contributed by atoms with Crippen molar-refractivity contribution >= 4 is 54.9 Å². The molecule has 0 fully saturated rings. The van der Waals surface area contributed by atoms with Gasteiger partial charge >= 0.3 is 0 Å². The van der Waals surface area contributed by atoms with Crippen molar-refractivity contribution in [3.05, 3.63) is 157 Å². The van der Waals surface area contributed by atoms with Crippen LogP contribution in [-0.2, 0) is 0 Å². The summed E-state index contributed by atoms with van der Waals surface area (Å²) in [6.45, 7) is 0. The summed E-state index contributed by atoms with van der Waals surface area (Å²) < 4.78 is 4.49. The number of nitrogens with zero attached hydrogens (tertiary/aromatic N) is 4. The molecule has 0 N–H and O–H groups in total. The molecule has 9 aromatic rings. The van der Waals surface area contributed by atoms with E-state index in [1.165, 1.54) is 0 Å². The molecule has 0 saturated heterocycles. The van der Waals surface area contributed by atoms with Gasteiger partial charge in [-0.25, -0.2) is 0 Å². The third-order valence-electron chi connectivity index (χ3n) is 9.06. The minimum atomic E-state index is 0.633. The van der Waals surface area contributed by atoms with Crippen molar-refractivity contribution in [1.29, 1.82) is 10.5 Å². The number of fused-ring (bicyclic) bond motifs is 6. The Bertz CT molecular complexity index is 2590. The highest BCUT2D eigenvalue weighted by Crippen LogP contribution is 2.45. The molecule has 5 heteroatoms. The van der Waals surface area contributed by atoms with E-state index in [0.29, 0.717) is 11.1 Å². The Balaban J connectivity index is 1.32. The number of rotatable bonds is 4. The van der Waals surface area contributed by atoms with Crippen LogP contribution in [0.5, 0.6) is 0 Å². The smallest absolute Gasteiger partial charge is 0.101 e. The van der Waals surface area contributed by atoms with Gasteiger partial charge in [-0.05, 0) is 48.5 Å². The standard InChI is InChI=1S/C42H24N4S/c43-25-27-11-1-5-19-35(27)45-37-21-7-3-13-29(37)31-15-9-17-33(41(31)45)39-23-24-40(47-39)34-18-10-16-32-30-14-4-8-22-38(30)46(42(32)34)36-20-6-2-12-28(36)26-44/h1-24H. The quantitative estimate of drug-likeness (QED) is 0.197. The number of aromatic nitrogens is 2. The molecule has 9 rings (SSSR count). The first kappa shape index (κ1) is 27.0. The van der Waals surface area contributed by atoms with Gasteiger partial charge in [0, 0.05) is 42.4 Å². The first-order valence-corrected chi connectivity index (χ1v) is 16.2. The Morgan fingerprint density at radius 1 is 0.404 bits per heavy atom. The fourth-order valence-electron chi connectivity index (χ4n) is 7.09. The van der Waals surface area contributed by atoms with Crippen LogP contribution in [0.15, 0.2) is 146 Å². The molecule has 0 aliphatic rings. The van der Waals surface area contributed by atoms with Gasteiger partial charge in [-0.15, -0.1) is 11.3 Å². The number of hydrogen-bond donors (Lipinski definition) is 0. The molecule has 0 bridgehead atoms. The lowest BCUT2D eigenvalue weighted by molar-refractivity contribution is 1.17. The zero-order chi connectivity index (χ0) is 31.5. The van der Waals surface area contributed by atoms with Crippen LogP contribution in [0.4, 0.5) is 0 Å². The predicted molar refractivity (Wildman–Crippen MR) is 193 cm³/mol. The Hall–Kier alpha value is -6.40. The van der Waals surface area contributed by atoms with Crippen molar-refractivity contribution in [3.8, 4) is 44.4 Å². The van der Waals surface area contributed by atoms with Crippen molar-refractivity contribution in [3.63, 3.8) is 0 Å². The van der Waals surface area contributed by atoms with Crippen molar-refractivity contribution in [1.82, 2.24) is 9.13 Å². The highest BCUT2D eigenvalue weighted by molar-refractivity contribution is 7.19. The molecule has 0 atom stereocenters. The van der Waals surface area contributed by atoms with Gasteiger partial charge in [-0.2, -0.15) is 10.5 Å². The normalized spacial score (nSPS) is 11.4. The maximum Gasteiger partial charge on any atom is 0.101 e. The number of hydrogen-bond acceptors (Lipinski definition) is 3. The maximum absolute atomic E-state index is 10.1. The van der Waals surface area contributed by atoms with E-state index in [9.17, 15) is 10.5 Å². The number of nitriles is 2. The summed E-state index contributed by atoms with van der Waals surface area (Å²) in [6, 6.07) is 54.7. The molecule has 3 aromatic heterocycles. The van der Waals surface area contributed by atoms with Crippen LogP contribution in [0.25, 0.3) is 75.9 Å². The lowest BCUT2D eigenvalue weighted by atomic mass is 10.1. The van der Waals surface area contributed by atoms with Crippen molar-refractivity contribution < 1.29 is 0 Å². The molecule has 47 heavy (non-hydrogen) atoms. The van der Waals surface area contributed by atoms with E-state index in [4.69, 9.17) is 0 Å². The zero-order valence-corrected chi connectivity index (χ0v) is 25.9. The molecule has 0 unspecified atom stereocenters. The topological polar surface area (TPSA) is 57.4 Å². The summed E-state index contributed by atoms with van der Waals surface area (Å²) >= 11 is 1.76. The first-order chi connectivity index (χ1) is 23.3. The average Bonchev–Trinajstić information content (AvgIpc) is 3.85.